The first kappa shape index (κ1) is 11.6. The molecule has 0 bridgehead atoms. The van der Waals surface area contributed by atoms with Gasteiger partial charge < -0.3 is 0 Å². The van der Waals surface area contributed by atoms with Crippen LogP contribution in [-0.4, -0.2) is 5.38 Å². The number of alkyl halides is 1. The van der Waals surface area contributed by atoms with Gasteiger partial charge in [0.05, 0.1) is 0 Å². The molecule has 1 rings (SSSR count). The third-order valence-electron chi connectivity index (χ3n) is 2.67. The highest BCUT2D eigenvalue weighted by Gasteiger charge is 2.02. The molecule has 0 aliphatic carbocycles. The van der Waals surface area contributed by atoms with E-state index < -0.39 is 0 Å². The Balaban J connectivity index is 2.35. The van der Waals surface area contributed by atoms with Crippen LogP contribution in [0.1, 0.15) is 37.3 Å². The zero-order chi connectivity index (χ0) is 10.4. The molecule has 1 unspecified atom stereocenters. The van der Waals surface area contributed by atoms with Crippen molar-refractivity contribution in [3.8, 4) is 0 Å². The fourth-order valence-corrected chi connectivity index (χ4v) is 1.76. The van der Waals surface area contributed by atoms with Gasteiger partial charge in [0, 0.05) is 5.38 Å². The molecule has 0 aliphatic heterocycles. The maximum absolute atomic E-state index is 6.07. The van der Waals surface area contributed by atoms with Gasteiger partial charge >= 0.3 is 0 Å². The number of halogens is 1. The topological polar surface area (TPSA) is 0 Å². The number of hydrogen-bond acceptors (Lipinski definition) is 0. The van der Waals surface area contributed by atoms with E-state index in [4.69, 9.17) is 11.6 Å². The minimum absolute atomic E-state index is 0.360. The van der Waals surface area contributed by atoms with Gasteiger partial charge in [0.25, 0.3) is 0 Å². The molecule has 0 heterocycles. The second-order valence-electron chi connectivity index (χ2n) is 3.82. The highest BCUT2D eigenvalue weighted by molar-refractivity contribution is 6.20. The standard InChI is InChI=1S/C13H19Cl/c1-3-13(14)10-6-9-12-8-5-4-7-11(12)2/h4-5,7-8,13H,3,6,9-10H2,1-2H3. The molecule has 0 spiro atoms. The van der Waals surface area contributed by atoms with Crippen molar-refractivity contribution in [2.45, 2.75) is 44.9 Å². The molecule has 0 fully saturated rings. The van der Waals surface area contributed by atoms with Crippen molar-refractivity contribution in [3.05, 3.63) is 35.4 Å². The summed E-state index contributed by atoms with van der Waals surface area (Å²) in [5.41, 5.74) is 2.86. The van der Waals surface area contributed by atoms with E-state index in [0.29, 0.717) is 5.38 Å². The molecule has 1 aromatic rings. The zero-order valence-corrected chi connectivity index (χ0v) is 9.85. The Morgan fingerprint density at radius 1 is 1.29 bits per heavy atom. The first-order valence-corrected chi connectivity index (χ1v) is 5.86. The molecule has 0 amide bonds. The second-order valence-corrected chi connectivity index (χ2v) is 4.44. The average Bonchev–Trinajstić information content (AvgIpc) is 2.20. The van der Waals surface area contributed by atoms with Crippen LogP contribution in [0.2, 0.25) is 0 Å². The molecule has 0 saturated carbocycles. The third kappa shape index (κ3) is 3.71. The normalized spacial score (nSPS) is 12.8. The molecule has 0 aliphatic rings. The van der Waals surface area contributed by atoms with Crippen molar-refractivity contribution in [2.75, 3.05) is 0 Å². The minimum Gasteiger partial charge on any atom is -0.123 e. The highest BCUT2D eigenvalue weighted by Crippen LogP contribution is 2.14. The monoisotopic (exact) mass is 210 g/mol. The van der Waals surface area contributed by atoms with Crippen molar-refractivity contribution in [1.29, 1.82) is 0 Å². The maximum atomic E-state index is 6.07. The predicted molar refractivity (Wildman–Crippen MR) is 64.0 cm³/mol. The van der Waals surface area contributed by atoms with Crippen LogP contribution in [0, 0.1) is 6.92 Å². The lowest BCUT2D eigenvalue weighted by Gasteiger charge is -2.07. The molecule has 0 nitrogen and oxygen atoms in total. The Morgan fingerprint density at radius 2 is 2.00 bits per heavy atom. The molecule has 14 heavy (non-hydrogen) atoms. The summed E-state index contributed by atoms with van der Waals surface area (Å²) in [6.07, 6.45) is 4.57. The van der Waals surface area contributed by atoms with Gasteiger partial charge in [-0.2, -0.15) is 0 Å². The Kier molecular flexibility index (Phi) is 5.03. The molecule has 1 atom stereocenters. The minimum atomic E-state index is 0.360. The number of aryl methyl sites for hydroxylation is 2. The van der Waals surface area contributed by atoms with Crippen molar-refractivity contribution < 1.29 is 0 Å². The lowest BCUT2D eigenvalue weighted by molar-refractivity contribution is 0.673. The largest absolute Gasteiger partial charge is 0.123 e. The lowest BCUT2D eigenvalue weighted by Crippen LogP contribution is -1.97. The second kappa shape index (κ2) is 6.08. The smallest absolute Gasteiger partial charge is 0.0333 e. The summed E-state index contributed by atoms with van der Waals surface area (Å²) in [5, 5.41) is 0.360. The van der Waals surface area contributed by atoms with Crippen molar-refractivity contribution in [1.82, 2.24) is 0 Å². The quantitative estimate of drug-likeness (QED) is 0.635. The van der Waals surface area contributed by atoms with Gasteiger partial charge in [0.2, 0.25) is 0 Å². The van der Waals surface area contributed by atoms with E-state index >= 15 is 0 Å². The molecule has 0 radical (unpaired) electrons. The van der Waals surface area contributed by atoms with E-state index in [1.807, 2.05) is 0 Å². The van der Waals surface area contributed by atoms with Gasteiger partial charge in [0.15, 0.2) is 0 Å². The summed E-state index contributed by atoms with van der Waals surface area (Å²) in [6.45, 7) is 4.32. The van der Waals surface area contributed by atoms with Crippen molar-refractivity contribution in [2.24, 2.45) is 0 Å². The number of rotatable bonds is 5. The van der Waals surface area contributed by atoms with Crippen LogP contribution in [0.25, 0.3) is 0 Å². The van der Waals surface area contributed by atoms with E-state index in [9.17, 15) is 0 Å². The van der Waals surface area contributed by atoms with Crippen LogP contribution in [0.4, 0.5) is 0 Å². The summed E-state index contributed by atoms with van der Waals surface area (Å²) in [7, 11) is 0. The summed E-state index contributed by atoms with van der Waals surface area (Å²) in [5.74, 6) is 0. The highest BCUT2D eigenvalue weighted by atomic mass is 35.5. The van der Waals surface area contributed by atoms with E-state index in [0.717, 1.165) is 19.3 Å². The molecule has 0 aromatic heterocycles. The first-order chi connectivity index (χ1) is 6.74. The van der Waals surface area contributed by atoms with Crippen LogP contribution >= 0.6 is 11.6 Å². The molecular formula is C13H19Cl. The van der Waals surface area contributed by atoms with E-state index in [1.54, 1.807) is 0 Å². The first-order valence-electron chi connectivity index (χ1n) is 5.42. The van der Waals surface area contributed by atoms with Crippen molar-refractivity contribution >= 4 is 11.6 Å². The van der Waals surface area contributed by atoms with Crippen molar-refractivity contribution in [3.63, 3.8) is 0 Å². The van der Waals surface area contributed by atoms with Crippen LogP contribution in [0.3, 0.4) is 0 Å². The Hall–Kier alpha value is -0.490. The average molecular weight is 211 g/mol. The molecular weight excluding hydrogens is 192 g/mol. The summed E-state index contributed by atoms with van der Waals surface area (Å²) in [6, 6.07) is 8.59. The van der Waals surface area contributed by atoms with Crippen LogP contribution in [-0.2, 0) is 6.42 Å². The summed E-state index contributed by atoms with van der Waals surface area (Å²) >= 11 is 6.07. The van der Waals surface area contributed by atoms with Gasteiger partial charge in [-0.25, -0.2) is 0 Å². The van der Waals surface area contributed by atoms with Gasteiger partial charge in [-0.05, 0) is 43.7 Å². The van der Waals surface area contributed by atoms with E-state index in [2.05, 4.69) is 38.1 Å². The molecule has 1 heteroatoms. The zero-order valence-electron chi connectivity index (χ0n) is 9.09. The third-order valence-corrected chi connectivity index (χ3v) is 3.19. The maximum Gasteiger partial charge on any atom is 0.0333 e. The molecule has 1 aromatic carbocycles. The van der Waals surface area contributed by atoms with Gasteiger partial charge in [0.1, 0.15) is 0 Å². The summed E-state index contributed by atoms with van der Waals surface area (Å²) in [4.78, 5) is 0. The van der Waals surface area contributed by atoms with Gasteiger partial charge in [-0.1, -0.05) is 31.2 Å². The SMILES string of the molecule is CCC(Cl)CCCc1ccccc1C. The molecule has 0 N–H and O–H groups in total. The lowest BCUT2D eigenvalue weighted by atomic mass is 10.0. The number of hydrogen-bond donors (Lipinski definition) is 0. The van der Waals surface area contributed by atoms with Gasteiger partial charge in [-0.3, -0.25) is 0 Å². The van der Waals surface area contributed by atoms with E-state index in [1.165, 1.54) is 17.5 Å². The molecule has 78 valence electrons. The van der Waals surface area contributed by atoms with Crippen LogP contribution in [0.15, 0.2) is 24.3 Å². The van der Waals surface area contributed by atoms with Crippen LogP contribution < -0.4 is 0 Å². The summed E-state index contributed by atoms with van der Waals surface area (Å²) < 4.78 is 0. The Labute approximate surface area is 92.3 Å². The van der Waals surface area contributed by atoms with E-state index in [-0.39, 0.29) is 0 Å². The molecule has 0 saturated heterocycles. The predicted octanol–water partition coefficient (Wildman–Crippen LogP) is 4.34. The fraction of sp³-hybridized carbons (Fsp3) is 0.538. The van der Waals surface area contributed by atoms with Crippen LogP contribution in [0.5, 0.6) is 0 Å². The van der Waals surface area contributed by atoms with Gasteiger partial charge in [-0.15, -0.1) is 11.6 Å². The number of benzene rings is 1. The fourth-order valence-electron chi connectivity index (χ4n) is 1.61. The Morgan fingerprint density at radius 3 is 2.64 bits per heavy atom. The Bertz CT molecular complexity index is 268.